The van der Waals surface area contributed by atoms with Gasteiger partial charge in [0, 0.05) is 12.1 Å². The maximum Gasteiger partial charge on any atom is 0.251 e. The van der Waals surface area contributed by atoms with Gasteiger partial charge in [0.15, 0.2) is 0 Å². The summed E-state index contributed by atoms with van der Waals surface area (Å²) in [5.41, 5.74) is 2.23. The molecule has 0 unspecified atom stereocenters. The van der Waals surface area contributed by atoms with Crippen molar-refractivity contribution in [2.24, 2.45) is 0 Å². The zero-order chi connectivity index (χ0) is 16.7. The number of nitrogens with one attached hydrogen (secondary N) is 2. The molecule has 5 heteroatoms. The molecule has 0 aliphatic rings. The number of benzene rings is 2. The number of aryl methyl sites for hydroxylation is 1. The number of rotatable bonds is 6. The third kappa shape index (κ3) is 5.21. The molecule has 0 saturated carbocycles. The Hall–Kier alpha value is -2.69. The smallest absolute Gasteiger partial charge is 0.251 e. The second-order valence-electron chi connectivity index (χ2n) is 5.23. The van der Waals surface area contributed by atoms with Gasteiger partial charge in [-0.3, -0.25) is 9.59 Å². The monoisotopic (exact) mass is 314 g/mol. The van der Waals surface area contributed by atoms with Crippen LogP contribution in [0.25, 0.3) is 0 Å². The molecule has 2 amide bonds. The van der Waals surface area contributed by atoms with Gasteiger partial charge in [-0.2, -0.15) is 0 Å². The minimum Gasteiger partial charge on any atom is -0.354 e. The maximum atomic E-state index is 13.0. The van der Waals surface area contributed by atoms with Gasteiger partial charge in [-0.15, -0.1) is 0 Å². The molecule has 0 atom stereocenters. The lowest BCUT2D eigenvalue weighted by Crippen LogP contribution is -2.37. The first-order chi connectivity index (χ1) is 11.1. The van der Waals surface area contributed by atoms with Crippen molar-refractivity contribution in [2.75, 3.05) is 13.1 Å². The topological polar surface area (TPSA) is 58.2 Å². The zero-order valence-electron chi connectivity index (χ0n) is 12.9. The van der Waals surface area contributed by atoms with Crippen molar-refractivity contribution in [3.63, 3.8) is 0 Å². The fourth-order valence-electron chi connectivity index (χ4n) is 2.18. The molecule has 2 aromatic carbocycles. The van der Waals surface area contributed by atoms with Crippen LogP contribution in [0.15, 0.2) is 48.5 Å². The molecule has 2 aromatic rings. The second kappa shape index (κ2) is 8.08. The first-order valence-corrected chi connectivity index (χ1v) is 7.41. The minimum absolute atomic E-state index is 0.0870. The van der Waals surface area contributed by atoms with Crippen molar-refractivity contribution >= 4 is 11.8 Å². The molecule has 0 aliphatic carbocycles. The molecule has 0 aromatic heterocycles. The van der Waals surface area contributed by atoms with Crippen LogP contribution in [0, 0.1) is 12.7 Å². The van der Waals surface area contributed by atoms with Gasteiger partial charge >= 0.3 is 0 Å². The molecular weight excluding hydrogens is 295 g/mol. The van der Waals surface area contributed by atoms with Gasteiger partial charge < -0.3 is 10.6 Å². The van der Waals surface area contributed by atoms with E-state index < -0.39 is 0 Å². The van der Waals surface area contributed by atoms with Crippen LogP contribution < -0.4 is 10.6 Å². The summed E-state index contributed by atoms with van der Waals surface area (Å²) in [5, 5.41) is 5.28. The van der Waals surface area contributed by atoms with E-state index in [0.29, 0.717) is 18.5 Å². The number of carbonyl (C=O) groups is 2. The van der Waals surface area contributed by atoms with Gasteiger partial charge in [0.25, 0.3) is 5.91 Å². The summed E-state index contributed by atoms with van der Waals surface area (Å²) in [6.45, 7) is 2.15. The van der Waals surface area contributed by atoms with Crippen molar-refractivity contribution in [2.45, 2.75) is 13.3 Å². The van der Waals surface area contributed by atoms with Crippen LogP contribution in [0.1, 0.15) is 21.5 Å². The van der Waals surface area contributed by atoms with Gasteiger partial charge in [-0.1, -0.05) is 30.3 Å². The Bertz CT molecular complexity index is 701. The third-order valence-electron chi connectivity index (χ3n) is 3.42. The summed E-state index contributed by atoms with van der Waals surface area (Å²) < 4.78 is 13.0. The second-order valence-corrected chi connectivity index (χ2v) is 5.23. The van der Waals surface area contributed by atoms with E-state index in [-0.39, 0.29) is 24.2 Å². The van der Waals surface area contributed by atoms with Gasteiger partial charge in [0.1, 0.15) is 5.82 Å². The van der Waals surface area contributed by atoms with Crippen LogP contribution in [0.3, 0.4) is 0 Å². The Morgan fingerprint density at radius 1 is 1.04 bits per heavy atom. The summed E-state index contributed by atoms with van der Waals surface area (Å²) in [5.74, 6) is -0.842. The largest absolute Gasteiger partial charge is 0.354 e. The number of halogens is 1. The molecule has 0 aliphatic heterocycles. The summed E-state index contributed by atoms with van der Waals surface area (Å²) in [6, 6.07) is 13.4. The minimum atomic E-state index is -0.292. The normalized spacial score (nSPS) is 10.2. The van der Waals surface area contributed by atoms with Crippen LogP contribution in [-0.4, -0.2) is 24.9 Å². The molecule has 120 valence electrons. The molecule has 2 rings (SSSR count). The number of amides is 2. The molecule has 2 N–H and O–H groups in total. The molecule has 4 nitrogen and oxygen atoms in total. The lowest BCUT2D eigenvalue weighted by atomic mass is 10.1. The number of hydrogen-bond donors (Lipinski definition) is 2. The van der Waals surface area contributed by atoms with Crippen LogP contribution in [-0.2, 0) is 11.2 Å². The molecule has 0 saturated heterocycles. The molecule has 0 fully saturated rings. The Morgan fingerprint density at radius 2 is 1.83 bits per heavy atom. The van der Waals surface area contributed by atoms with Crippen molar-refractivity contribution < 1.29 is 14.0 Å². The van der Waals surface area contributed by atoms with Gasteiger partial charge in [-0.05, 0) is 42.7 Å². The third-order valence-corrected chi connectivity index (χ3v) is 3.42. The Morgan fingerprint density at radius 3 is 2.57 bits per heavy atom. The maximum absolute atomic E-state index is 13.0. The number of carbonyl (C=O) groups excluding carboxylic acids is 2. The van der Waals surface area contributed by atoms with Crippen molar-refractivity contribution in [1.82, 2.24) is 10.6 Å². The van der Waals surface area contributed by atoms with Gasteiger partial charge in [0.2, 0.25) is 5.91 Å². The van der Waals surface area contributed by atoms with E-state index in [0.717, 1.165) is 11.1 Å². The summed E-state index contributed by atoms with van der Waals surface area (Å²) >= 11 is 0. The highest BCUT2D eigenvalue weighted by Gasteiger charge is 2.09. The molecule has 0 spiro atoms. The fraction of sp³-hybridized carbons (Fsp3) is 0.222. The van der Waals surface area contributed by atoms with Gasteiger partial charge in [0.05, 0.1) is 6.54 Å². The van der Waals surface area contributed by atoms with Gasteiger partial charge in [-0.25, -0.2) is 4.39 Å². The van der Waals surface area contributed by atoms with E-state index in [1.807, 2.05) is 19.1 Å². The Labute approximate surface area is 134 Å². The van der Waals surface area contributed by atoms with Crippen LogP contribution in [0.5, 0.6) is 0 Å². The van der Waals surface area contributed by atoms with Crippen LogP contribution in [0.4, 0.5) is 4.39 Å². The van der Waals surface area contributed by atoms with Crippen molar-refractivity contribution in [3.8, 4) is 0 Å². The average molecular weight is 314 g/mol. The molecule has 0 radical (unpaired) electrons. The first kappa shape index (κ1) is 16.7. The molecule has 0 bridgehead atoms. The summed E-state index contributed by atoms with van der Waals surface area (Å²) in [4.78, 5) is 23.7. The summed E-state index contributed by atoms with van der Waals surface area (Å²) in [7, 11) is 0. The Balaban J connectivity index is 1.73. The van der Waals surface area contributed by atoms with Crippen LogP contribution >= 0.6 is 0 Å². The SMILES string of the molecule is Cc1ccccc1C(=O)NCC(=O)NCCc1cccc(F)c1. The number of hydrogen-bond acceptors (Lipinski definition) is 2. The molecule has 0 heterocycles. The predicted octanol–water partition coefficient (Wildman–Crippen LogP) is 2.22. The quantitative estimate of drug-likeness (QED) is 0.859. The zero-order valence-corrected chi connectivity index (χ0v) is 12.9. The highest BCUT2D eigenvalue weighted by Crippen LogP contribution is 2.06. The van der Waals surface area contributed by atoms with E-state index in [1.54, 1.807) is 24.3 Å². The van der Waals surface area contributed by atoms with E-state index in [2.05, 4.69) is 10.6 Å². The predicted molar refractivity (Wildman–Crippen MR) is 86.6 cm³/mol. The summed E-state index contributed by atoms with van der Waals surface area (Å²) in [6.07, 6.45) is 0.537. The molecular formula is C18H19FN2O2. The lowest BCUT2D eigenvalue weighted by molar-refractivity contribution is -0.120. The standard InChI is InChI=1S/C18H19FN2O2/c1-13-5-2-3-8-16(13)18(23)21-12-17(22)20-10-9-14-6-4-7-15(19)11-14/h2-8,11H,9-10,12H2,1H3,(H,20,22)(H,21,23). The Kier molecular flexibility index (Phi) is 5.86. The first-order valence-electron chi connectivity index (χ1n) is 7.41. The van der Waals surface area contributed by atoms with Crippen molar-refractivity contribution in [3.05, 3.63) is 71.0 Å². The average Bonchev–Trinajstić information content (AvgIpc) is 2.53. The highest BCUT2D eigenvalue weighted by molar-refractivity contribution is 5.97. The van der Waals surface area contributed by atoms with Crippen LogP contribution in [0.2, 0.25) is 0 Å². The van der Waals surface area contributed by atoms with E-state index in [4.69, 9.17) is 0 Å². The van der Waals surface area contributed by atoms with E-state index in [1.165, 1.54) is 12.1 Å². The highest BCUT2D eigenvalue weighted by atomic mass is 19.1. The van der Waals surface area contributed by atoms with E-state index >= 15 is 0 Å². The van der Waals surface area contributed by atoms with Crippen molar-refractivity contribution in [1.29, 1.82) is 0 Å². The lowest BCUT2D eigenvalue weighted by Gasteiger charge is -2.08. The van der Waals surface area contributed by atoms with E-state index in [9.17, 15) is 14.0 Å². The molecule has 23 heavy (non-hydrogen) atoms. The fourth-order valence-corrected chi connectivity index (χ4v) is 2.18.